The molecule has 0 saturated carbocycles. The zero-order valence-electron chi connectivity index (χ0n) is 15.9. The van der Waals surface area contributed by atoms with Crippen LogP contribution in [0.5, 0.6) is 5.75 Å². The van der Waals surface area contributed by atoms with Crippen molar-refractivity contribution in [3.8, 4) is 5.75 Å². The molecule has 148 valence electrons. The zero-order chi connectivity index (χ0) is 19.8. The minimum absolute atomic E-state index is 0.188. The van der Waals surface area contributed by atoms with E-state index in [-0.39, 0.29) is 11.8 Å². The molecule has 1 heterocycles. The van der Waals surface area contributed by atoms with Crippen LogP contribution in [0.4, 0.5) is 5.69 Å². The van der Waals surface area contributed by atoms with Gasteiger partial charge in [0.1, 0.15) is 5.75 Å². The number of benzene rings is 2. The van der Waals surface area contributed by atoms with Crippen LogP contribution in [0, 0.1) is 0 Å². The van der Waals surface area contributed by atoms with E-state index in [9.17, 15) is 9.59 Å². The van der Waals surface area contributed by atoms with Gasteiger partial charge in [0.05, 0.1) is 20.3 Å². The molecule has 7 nitrogen and oxygen atoms in total. The highest BCUT2D eigenvalue weighted by molar-refractivity contribution is 6.06. The van der Waals surface area contributed by atoms with Gasteiger partial charge in [-0.05, 0) is 42.5 Å². The Labute approximate surface area is 164 Å². The van der Waals surface area contributed by atoms with E-state index < -0.39 is 0 Å². The van der Waals surface area contributed by atoms with Crippen LogP contribution in [0.3, 0.4) is 0 Å². The zero-order valence-corrected chi connectivity index (χ0v) is 15.9. The van der Waals surface area contributed by atoms with Crippen LogP contribution < -0.4 is 15.4 Å². The third kappa shape index (κ3) is 5.55. The number of hydrogen-bond acceptors (Lipinski definition) is 5. The van der Waals surface area contributed by atoms with Gasteiger partial charge in [0.2, 0.25) is 0 Å². The van der Waals surface area contributed by atoms with Crippen molar-refractivity contribution in [2.75, 3.05) is 51.8 Å². The summed E-state index contributed by atoms with van der Waals surface area (Å²) in [6, 6.07) is 13.8. The molecular formula is C21H25N3O4. The SMILES string of the molecule is COc1ccc(NC(=O)c2cccc(C(=O)NCCN3CCOCC3)c2)cc1. The van der Waals surface area contributed by atoms with Gasteiger partial charge in [-0.1, -0.05) is 6.07 Å². The lowest BCUT2D eigenvalue weighted by Crippen LogP contribution is -2.41. The topological polar surface area (TPSA) is 79.9 Å². The van der Waals surface area contributed by atoms with E-state index in [1.165, 1.54) is 0 Å². The molecule has 2 N–H and O–H groups in total. The predicted octanol–water partition coefficient (Wildman–Crippen LogP) is 2.01. The van der Waals surface area contributed by atoms with Crippen LogP contribution >= 0.6 is 0 Å². The van der Waals surface area contributed by atoms with Crippen LogP contribution in [0.25, 0.3) is 0 Å². The molecule has 0 atom stereocenters. The number of nitrogens with one attached hydrogen (secondary N) is 2. The normalized spacial score (nSPS) is 14.3. The average Bonchev–Trinajstić information content (AvgIpc) is 2.75. The molecule has 1 fully saturated rings. The van der Waals surface area contributed by atoms with Crippen molar-refractivity contribution in [1.82, 2.24) is 10.2 Å². The number of carbonyl (C=O) groups excluding carboxylic acids is 2. The first-order chi connectivity index (χ1) is 13.7. The van der Waals surface area contributed by atoms with Crippen molar-refractivity contribution in [3.63, 3.8) is 0 Å². The van der Waals surface area contributed by atoms with E-state index in [0.29, 0.717) is 29.1 Å². The van der Waals surface area contributed by atoms with Crippen molar-refractivity contribution < 1.29 is 19.1 Å². The molecule has 1 aliphatic rings. The van der Waals surface area contributed by atoms with Crippen molar-refractivity contribution >= 4 is 17.5 Å². The number of nitrogens with zero attached hydrogens (tertiary/aromatic N) is 1. The van der Waals surface area contributed by atoms with Gasteiger partial charge in [-0.2, -0.15) is 0 Å². The summed E-state index contributed by atoms with van der Waals surface area (Å²) in [7, 11) is 1.59. The van der Waals surface area contributed by atoms with E-state index in [1.807, 2.05) is 0 Å². The molecule has 0 aliphatic carbocycles. The van der Waals surface area contributed by atoms with Gasteiger partial charge in [-0.3, -0.25) is 14.5 Å². The predicted molar refractivity (Wildman–Crippen MR) is 107 cm³/mol. The molecule has 2 amide bonds. The molecule has 3 rings (SSSR count). The van der Waals surface area contributed by atoms with Crippen molar-refractivity contribution in [3.05, 3.63) is 59.7 Å². The first-order valence-corrected chi connectivity index (χ1v) is 9.29. The first kappa shape index (κ1) is 19.9. The molecule has 1 aliphatic heterocycles. The largest absolute Gasteiger partial charge is 0.497 e. The van der Waals surface area contributed by atoms with Gasteiger partial charge in [0, 0.05) is 43.0 Å². The number of morpholine rings is 1. The molecule has 1 saturated heterocycles. The Morgan fingerprint density at radius 3 is 2.39 bits per heavy atom. The summed E-state index contributed by atoms with van der Waals surface area (Å²) in [6.07, 6.45) is 0. The van der Waals surface area contributed by atoms with E-state index >= 15 is 0 Å². The number of rotatable bonds is 7. The molecular weight excluding hydrogens is 358 g/mol. The maximum absolute atomic E-state index is 12.5. The molecule has 0 radical (unpaired) electrons. The number of ether oxygens (including phenoxy) is 2. The fourth-order valence-corrected chi connectivity index (χ4v) is 2.93. The molecule has 0 spiro atoms. The molecule has 28 heavy (non-hydrogen) atoms. The quantitative estimate of drug-likeness (QED) is 0.765. The van der Waals surface area contributed by atoms with E-state index in [2.05, 4.69) is 15.5 Å². The maximum atomic E-state index is 12.5. The van der Waals surface area contributed by atoms with E-state index in [0.717, 1.165) is 32.8 Å². The standard InChI is InChI=1S/C21H25N3O4/c1-27-19-7-5-18(6-8-19)23-21(26)17-4-2-3-16(15-17)20(25)22-9-10-24-11-13-28-14-12-24/h2-8,15H,9-14H2,1H3,(H,22,25)(H,23,26). The molecule has 0 unspecified atom stereocenters. The van der Waals surface area contributed by atoms with E-state index in [4.69, 9.17) is 9.47 Å². The fraction of sp³-hybridized carbons (Fsp3) is 0.333. The smallest absolute Gasteiger partial charge is 0.255 e. The second kappa shape index (κ2) is 9.87. The van der Waals surface area contributed by atoms with E-state index in [1.54, 1.807) is 55.6 Å². The van der Waals surface area contributed by atoms with Gasteiger partial charge in [0.15, 0.2) is 0 Å². The summed E-state index contributed by atoms with van der Waals surface area (Å²) in [5.41, 5.74) is 1.55. The van der Waals surface area contributed by atoms with Crippen molar-refractivity contribution in [2.24, 2.45) is 0 Å². The van der Waals surface area contributed by atoms with Crippen molar-refractivity contribution in [2.45, 2.75) is 0 Å². The molecule has 0 bridgehead atoms. The Balaban J connectivity index is 1.54. The number of methoxy groups -OCH3 is 1. The lowest BCUT2D eigenvalue weighted by atomic mass is 10.1. The Bertz CT molecular complexity index is 802. The number of amides is 2. The monoisotopic (exact) mass is 383 g/mol. The van der Waals surface area contributed by atoms with Gasteiger partial charge in [0.25, 0.3) is 11.8 Å². The molecule has 0 aromatic heterocycles. The minimum atomic E-state index is -0.270. The van der Waals surface area contributed by atoms with Crippen molar-refractivity contribution in [1.29, 1.82) is 0 Å². The van der Waals surface area contributed by atoms with Gasteiger partial charge in [-0.15, -0.1) is 0 Å². The summed E-state index contributed by atoms with van der Waals surface area (Å²) in [4.78, 5) is 27.1. The summed E-state index contributed by atoms with van der Waals surface area (Å²) >= 11 is 0. The Kier molecular flexibility index (Phi) is 7.00. The highest BCUT2D eigenvalue weighted by Crippen LogP contribution is 2.16. The third-order valence-corrected chi connectivity index (χ3v) is 4.55. The van der Waals surface area contributed by atoms with Gasteiger partial charge in [-0.25, -0.2) is 0 Å². The minimum Gasteiger partial charge on any atom is -0.497 e. The van der Waals surface area contributed by atoms with Crippen LogP contribution in [0.15, 0.2) is 48.5 Å². The Hall–Kier alpha value is -2.90. The number of anilines is 1. The third-order valence-electron chi connectivity index (χ3n) is 4.55. The second-order valence-corrected chi connectivity index (χ2v) is 6.47. The lowest BCUT2D eigenvalue weighted by Gasteiger charge is -2.26. The number of carbonyl (C=O) groups is 2. The highest BCUT2D eigenvalue weighted by atomic mass is 16.5. The first-order valence-electron chi connectivity index (χ1n) is 9.29. The molecule has 2 aromatic rings. The number of hydrogen-bond donors (Lipinski definition) is 2. The lowest BCUT2D eigenvalue weighted by molar-refractivity contribution is 0.0383. The maximum Gasteiger partial charge on any atom is 0.255 e. The Morgan fingerprint density at radius 1 is 1.04 bits per heavy atom. The highest BCUT2D eigenvalue weighted by Gasteiger charge is 2.13. The second-order valence-electron chi connectivity index (χ2n) is 6.47. The van der Waals surface area contributed by atoms with Gasteiger partial charge < -0.3 is 20.1 Å². The molecule has 2 aromatic carbocycles. The molecule has 7 heteroatoms. The Morgan fingerprint density at radius 2 is 1.71 bits per heavy atom. The van der Waals surface area contributed by atoms with Crippen LogP contribution in [0.2, 0.25) is 0 Å². The van der Waals surface area contributed by atoms with Crippen LogP contribution in [-0.4, -0.2) is 63.2 Å². The summed E-state index contributed by atoms with van der Waals surface area (Å²) in [6.45, 7) is 4.58. The average molecular weight is 383 g/mol. The fourth-order valence-electron chi connectivity index (χ4n) is 2.93. The summed E-state index contributed by atoms with van der Waals surface area (Å²) in [5, 5.41) is 5.72. The summed E-state index contributed by atoms with van der Waals surface area (Å²) in [5.74, 6) is 0.259. The van der Waals surface area contributed by atoms with Crippen LogP contribution in [-0.2, 0) is 4.74 Å². The summed E-state index contributed by atoms with van der Waals surface area (Å²) < 4.78 is 10.4. The van der Waals surface area contributed by atoms with Crippen LogP contribution in [0.1, 0.15) is 20.7 Å². The van der Waals surface area contributed by atoms with Gasteiger partial charge >= 0.3 is 0 Å².